The maximum absolute atomic E-state index is 13.6. The summed E-state index contributed by atoms with van der Waals surface area (Å²) in [5, 5.41) is 11.9. The van der Waals surface area contributed by atoms with Gasteiger partial charge >= 0.3 is 0 Å². The van der Waals surface area contributed by atoms with Gasteiger partial charge in [-0.05, 0) is 49.6 Å². The molecule has 2 aliphatic heterocycles. The lowest BCUT2D eigenvalue weighted by molar-refractivity contribution is 0.0781. The Morgan fingerprint density at radius 1 is 1.26 bits per heavy atom. The minimum atomic E-state index is -0.345. The first-order valence-corrected chi connectivity index (χ1v) is 12.3. The van der Waals surface area contributed by atoms with Crippen molar-refractivity contribution in [3.05, 3.63) is 51.5 Å². The van der Waals surface area contributed by atoms with Gasteiger partial charge < -0.3 is 19.5 Å². The number of aryl methyl sites for hydroxylation is 3. The first-order chi connectivity index (χ1) is 16.3. The number of nitrogens with one attached hydrogen (secondary N) is 2. The molecule has 1 fully saturated rings. The largest absolute Gasteiger partial charge is 0.489 e. The zero-order chi connectivity index (χ0) is 24.0. The predicted molar refractivity (Wildman–Crippen MR) is 127 cm³/mol. The van der Waals surface area contributed by atoms with Gasteiger partial charge in [0.1, 0.15) is 10.8 Å². The zero-order valence-electron chi connectivity index (χ0n) is 18.8. The first-order valence-electron chi connectivity index (χ1n) is 10.7. The van der Waals surface area contributed by atoms with Gasteiger partial charge in [-0.25, -0.2) is 4.39 Å². The molecule has 178 valence electrons. The second kappa shape index (κ2) is 9.01. The molecule has 2 atom stereocenters. The van der Waals surface area contributed by atoms with Crippen LogP contribution in [0.15, 0.2) is 29.3 Å². The summed E-state index contributed by atoms with van der Waals surface area (Å²) in [6.07, 6.45) is 1.83. The van der Waals surface area contributed by atoms with Crippen LogP contribution < -0.4 is 14.8 Å². The van der Waals surface area contributed by atoms with Gasteiger partial charge in [0.25, 0.3) is 11.8 Å². The molecule has 1 saturated heterocycles. The average molecular weight is 503 g/mol. The molecule has 9 nitrogen and oxygen atoms in total. The van der Waals surface area contributed by atoms with E-state index in [0.717, 1.165) is 9.90 Å². The van der Waals surface area contributed by atoms with Crippen LogP contribution in [0.5, 0.6) is 5.75 Å². The highest BCUT2D eigenvalue weighted by Crippen LogP contribution is 2.37. The van der Waals surface area contributed by atoms with Crippen LogP contribution in [0.1, 0.15) is 30.9 Å². The molecule has 0 saturated carbocycles. The number of hydrogen-bond acceptors (Lipinski definition) is 8. The van der Waals surface area contributed by atoms with Crippen molar-refractivity contribution in [1.82, 2.24) is 24.4 Å². The number of ether oxygens (including phenoxy) is 1. The highest BCUT2D eigenvalue weighted by molar-refractivity contribution is 7.97. The summed E-state index contributed by atoms with van der Waals surface area (Å²) in [6.45, 7) is 4.88. The van der Waals surface area contributed by atoms with Gasteiger partial charge in [0, 0.05) is 44.0 Å². The SMILES string of the molecule is Cc1nnc(C(=O)N2C[C@@H]3COc4c(cn(C)c4C(=O)Nc4ccc(F)c(C)c4)SN[C@@H]3C2)s1. The van der Waals surface area contributed by atoms with Crippen LogP contribution in [0.4, 0.5) is 10.1 Å². The Labute approximate surface area is 203 Å². The van der Waals surface area contributed by atoms with Crippen molar-refractivity contribution >= 4 is 40.8 Å². The van der Waals surface area contributed by atoms with E-state index in [1.807, 2.05) is 13.1 Å². The molecule has 0 unspecified atom stereocenters. The molecule has 5 rings (SSSR count). The highest BCUT2D eigenvalue weighted by atomic mass is 32.2. The first kappa shape index (κ1) is 22.8. The summed E-state index contributed by atoms with van der Waals surface area (Å²) in [5.74, 6) is -0.263. The topological polar surface area (TPSA) is 101 Å². The van der Waals surface area contributed by atoms with E-state index in [4.69, 9.17) is 4.74 Å². The van der Waals surface area contributed by atoms with Gasteiger partial charge in [0.05, 0.1) is 11.5 Å². The third-order valence-electron chi connectivity index (χ3n) is 5.93. The third kappa shape index (κ3) is 4.28. The van der Waals surface area contributed by atoms with Gasteiger partial charge in [-0.2, -0.15) is 0 Å². The quantitative estimate of drug-likeness (QED) is 0.531. The molecule has 2 aromatic heterocycles. The molecule has 0 radical (unpaired) electrons. The number of carbonyl (C=O) groups is 2. The van der Waals surface area contributed by atoms with E-state index in [-0.39, 0.29) is 29.6 Å². The number of aromatic nitrogens is 3. The van der Waals surface area contributed by atoms with Crippen LogP contribution in [-0.2, 0) is 7.05 Å². The Morgan fingerprint density at radius 2 is 2.09 bits per heavy atom. The number of nitrogens with zero attached hydrogens (tertiary/aromatic N) is 4. The number of amides is 2. The number of halogens is 1. The molecule has 0 bridgehead atoms. The molecular weight excluding hydrogens is 479 g/mol. The Kier molecular flexibility index (Phi) is 6.04. The van der Waals surface area contributed by atoms with Gasteiger partial charge in [-0.3, -0.25) is 14.3 Å². The van der Waals surface area contributed by atoms with E-state index < -0.39 is 0 Å². The Balaban J connectivity index is 1.32. The predicted octanol–water partition coefficient (Wildman–Crippen LogP) is 3.01. The number of anilines is 1. The van der Waals surface area contributed by atoms with Crippen molar-refractivity contribution in [2.24, 2.45) is 13.0 Å². The summed E-state index contributed by atoms with van der Waals surface area (Å²) in [7, 11) is 1.78. The van der Waals surface area contributed by atoms with Crippen LogP contribution in [0.25, 0.3) is 0 Å². The van der Waals surface area contributed by atoms with E-state index in [0.29, 0.717) is 47.4 Å². The van der Waals surface area contributed by atoms with Crippen molar-refractivity contribution in [2.75, 3.05) is 25.0 Å². The molecule has 2 N–H and O–H groups in total. The summed E-state index contributed by atoms with van der Waals surface area (Å²) < 4.78 is 24.9. The van der Waals surface area contributed by atoms with E-state index in [1.165, 1.54) is 35.4 Å². The fraction of sp³-hybridized carbons (Fsp3) is 0.364. The molecule has 1 aromatic carbocycles. The smallest absolute Gasteiger partial charge is 0.284 e. The fourth-order valence-electron chi connectivity index (χ4n) is 4.15. The van der Waals surface area contributed by atoms with Crippen LogP contribution in [-0.4, -0.2) is 57.2 Å². The number of hydrogen-bond donors (Lipinski definition) is 2. The van der Waals surface area contributed by atoms with Crippen molar-refractivity contribution in [3.63, 3.8) is 0 Å². The molecule has 2 aliphatic rings. The van der Waals surface area contributed by atoms with Crippen LogP contribution >= 0.6 is 23.3 Å². The van der Waals surface area contributed by atoms with Crippen molar-refractivity contribution in [1.29, 1.82) is 0 Å². The lowest BCUT2D eigenvalue weighted by Crippen LogP contribution is -2.36. The Bertz CT molecular complexity index is 1280. The molecular formula is C22H23FN6O3S2. The molecule has 12 heteroatoms. The van der Waals surface area contributed by atoms with Gasteiger partial charge in [-0.15, -0.1) is 10.2 Å². The summed E-state index contributed by atoms with van der Waals surface area (Å²) >= 11 is 2.67. The highest BCUT2D eigenvalue weighted by Gasteiger charge is 2.39. The lowest BCUT2D eigenvalue weighted by atomic mass is 10.1. The van der Waals surface area contributed by atoms with Gasteiger partial charge in [-0.1, -0.05) is 11.3 Å². The normalized spacial score (nSPS) is 19.6. The number of benzene rings is 1. The van der Waals surface area contributed by atoms with Crippen LogP contribution in [0.2, 0.25) is 0 Å². The summed E-state index contributed by atoms with van der Waals surface area (Å²) in [4.78, 5) is 28.5. The minimum Gasteiger partial charge on any atom is -0.489 e. The molecule has 4 heterocycles. The van der Waals surface area contributed by atoms with Crippen molar-refractivity contribution in [3.8, 4) is 5.75 Å². The number of likely N-dealkylation sites (tertiary alicyclic amines) is 1. The monoisotopic (exact) mass is 502 g/mol. The van der Waals surface area contributed by atoms with Crippen LogP contribution in [0.3, 0.4) is 0 Å². The molecule has 0 spiro atoms. The van der Waals surface area contributed by atoms with Crippen LogP contribution in [0, 0.1) is 25.6 Å². The van der Waals surface area contributed by atoms with E-state index in [2.05, 4.69) is 20.2 Å². The van der Waals surface area contributed by atoms with E-state index in [1.54, 1.807) is 29.5 Å². The van der Waals surface area contributed by atoms with Crippen molar-refractivity contribution < 1.29 is 18.7 Å². The van der Waals surface area contributed by atoms with Gasteiger partial charge in [0.2, 0.25) is 5.01 Å². The molecule has 34 heavy (non-hydrogen) atoms. The Hall–Kier alpha value is -2.96. The lowest BCUT2D eigenvalue weighted by Gasteiger charge is -2.23. The maximum Gasteiger partial charge on any atom is 0.284 e. The van der Waals surface area contributed by atoms with Gasteiger partial charge in [0.15, 0.2) is 11.4 Å². The summed E-state index contributed by atoms with van der Waals surface area (Å²) in [6, 6.07) is 4.48. The molecule has 2 amide bonds. The Morgan fingerprint density at radius 3 is 2.82 bits per heavy atom. The molecule has 3 aromatic rings. The zero-order valence-corrected chi connectivity index (χ0v) is 20.4. The minimum absolute atomic E-state index is 0.0378. The molecule has 0 aliphatic carbocycles. The third-order valence-corrected chi connectivity index (χ3v) is 7.69. The maximum atomic E-state index is 13.6. The van der Waals surface area contributed by atoms with E-state index >= 15 is 0 Å². The average Bonchev–Trinajstić information content (AvgIpc) is 3.48. The van der Waals surface area contributed by atoms with E-state index in [9.17, 15) is 14.0 Å². The fourth-order valence-corrected chi connectivity index (χ4v) is 5.82. The summed E-state index contributed by atoms with van der Waals surface area (Å²) in [5.41, 5.74) is 1.33. The second-order valence-electron chi connectivity index (χ2n) is 8.43. The number of fused-ring (bicyclic) bond motifs is 2. The number of carbonyl (C=O) groups excluding carboxylic acids is 2. The standard InChI is InChI=1S/C22H23FN6O3S2/c1-11-6-14(4-5-15(11)23)24-20(30)18-19-17(9-28(18)3)34-27-16-8-29(7-13(16)10-32-19)22(31)21-26-25-12(2)33-21/h4-6,9,13,16,27H,7-8,10H2,1-3H3,(H,24,30)/t13-,16-/m1/s1. The second-order valence-corrected chi connectivity index (χ2v) is 10.5. The van der Waals surface area contributed by atoms with Crippen molar-refractivity contribution in [2.45, 2.75) is 24.8 Å². The number of rotatable bonds is 3.